The van der Waals surface area contributed by atoms with Crippen LogP contribution < -0.4 is 4.74 Å². The highest BCUT2D eigenvalue weighted by Gasteiger charge is 2.42. The Labute approximate surface area is 101 Å². The summed E-state index contributed by atoms with van der Waals surface area (Å²) in [5.41, 5.74) is 1.10. The van der Waals surface area contributed by atoms with Gasteiger partial charge in [-0.2, -0.15) is 0 Å². The van der Waals surface area contributed by atoms with E-state index in [-0.39, 0.29) is 24.9 Å². The number of aliphatic hydroxyl groups is 1. The minimum atomic E-state index is -0.0409. The van der Waals surface area contributed by atoms with E-state index in [4.69, 9.17) is 19.3 Å². The van der Waals surface area contributed by atoms with Gasteiger partial charge in [0.2, 0.25) is 0 Å². The van der Waals surface area contributed by atoms with Crippen LogP contribution in [0.25, 0.3) is 0 Å². The molecule has 1 aliphatic rings. The van der Waals surface area contributed by atoms with Crippen LogP contribution in [-0.4, -0.2) is 37.1 Å². The Bertz CT molecular complexity index is 349. The maximum atomic E-state index is 8.87. The molecule has 0 aromatic heterocycles. The molecule has 94 valence electrons. The molecule has 3 atom stereocenters. The first-order chi connectivity index (χ1) is 8.24. The Kier molecular flexibility index (Phi) is 3.99. The van der Waals surface area contributed by atoms with E-state index in [1.54, 1.807) is 7.11 Å². The SMILES string of the molecule is COc1ccc(CO[C@@H](C)[C@H]2O[C@@H]2CO)cc1. The molecule has 17 heavy (non-hydrogen) atoms. The Morgan fingerprint density at radius 2 is 2.06 bits per heavy atom. The van der Waals surface area contributed by atoms with Gasteiger partial charge in [0.1, 0.15) is 18.0 Å². The molecule has 4 heteroatoms. The van der Waals surface area contributed by atoms with E-state index in [0.29, 0.717) is 6.61 Å². The third kappa shape index (κ3) is 3.19. The highest BCUT2D eigenvalue weighted by molar-refractivity contribution is 5.26. The van der Waals surface area contributed by atoms with Crippen molar-refractivity contribution in [2.75, 3.05) is 13.7 Å². The largest absolute Gasteiger partial charge is 0.497 e. The Balaban J connectivity index is 1.77. The standard InChI is InChI=1S/C13H18O4/c1-9(13-12(7-14)17-13)16-8-10-3-5-11(15-2)6-4-10/h3-6,9,12-14H,7-8H2,1-2H3/t9-,12+,13+/m0/s1. The molecule has 0 unspecified atom stereocenters. The predicted molar refractivity (Wildman–Crippen MR) is 63.0 cm³/mol. The van der Waals surface area contributed by atoms with Gasteiger partial charge in [-0.25, -0.2) is 0 Å². The van der Waals surface area contributed by atoms with Crippen molar-refractivity contribution >= 4 is 0 Å². The number of benzene rings is 1. The molecule has 2 rings (SSSR count). The van der Waals surface area contributed by atoms with Gasteiger partial charge in [-0.3, -0.25) is 0 Å². The van der Waals surface area contributed by atoms with Gasteiger partial charge in [0.05, 0.1) is 26.4 Å². The van der Waals surface area contributed by atoms with Gasteiger partial charge in [0, 0.05) is 0 Å². The van der Waals surface area contributed by atoms with Crippen molar-refractivity contribution in [2.45, 2.75) is 31.8 Å². The third-order valence-corrected chi connectivity index (χ3v) is 2.94. The molecule has 1 saturated heterocycles. The minimum absolute atomic E-state index is 0.00857. The van der Waals surface area contributed by atoms with Crippen LogP contribution >= 0.6 is 0 Å². The fourth-order valence-electron chi connectivity index (χ4n) is 1.76. The van der Waals surface area contributed by atoms with Crippen molar-refractivity contribution in [3.8, 4) is 5.75 Å². The predicted octanol–water partition coefficient (Wildman–Crippen LogP) is 1.36. The number of hydrogen-bond donors (Lipinski definition) is 1. The highest BCUT2D eigenvalue weighted by Crippen LogP contribution is 2.27. The summed E-state index contributed by atoms with van der Waals surface area (Å²) in [6, 6.07) is 7.77. The van der Waals surface area contributed by atoms with Gasteiger partial charge in [-0.15, -0.1) is 0 Å². The Hall–Kier alpha value is -1.10. The zero-order chi connectivity index (χ0) is 12.3. The van der Waals surface area contributed by atoms with Crippen LogP contribution in [0.3, 0.4) is 0 Å². The van der Waals surface area contributed by atoms with Crippen molar-refractivity contribution in [1.29, 1.82) is 0 Å². The van der Waals surface area contributed by atoms with E-state index in [0.717, 1.165) is 11.3 Å². The number of hydrogen-bond acceptors (Lipinski definition) is 4. The second kappa shape index (κ2) is 5.49. The Morgan fingerprint density at radius 1 is 1.35 bits per heavy atom. The monoisotopic (exact) mass is 238 g/mol. The molecule has 1 N–H and O–H groups in total. The van der Waals surface area contributed by atoms with Crippen LogP contribution in [0.1, 0.15) is 12.5 Å². The normalized spacial score (nSPS) is 24.4. The number of rotatable bonds is 6. The number of methoxy groups -OCH3 is 1. The highest BCUT2D eigenvalue weighted by atomic mass is 16.6. The fraction of sp³-hybridized carbons (Fsp3) is 0.538. The van der Waals surface area contributed by atoms with Crippen molar-refractivity contribution < 1.29 is 19.3 Å². The molecule has 1 aromatic rings. The summed E-state index contributed by atoms with van der Waals surface area (Å²) < 4.78 is 16.0. The molecule has 1 heterocycles. The first-order valence-electron chi connectivity index (χ1n) is 5.75. The molecule has 4 nitrogen and oxygen atoms in total. The third-order valence-electron chi connectivity index (χ3n) is 2.94. The first kappa shape index (κ1) is 12.4. The van der Waals surface area contributed by atoms with Gasteiger partial charge in [-0.1, -0.05) is 12.1 Å². The van der Waals surface area contributed by atoms with Crippen molar-refractivity contribution in [3.63, 3.8) is 0 Å². The van der Waals surface area contributed by atoms with Gasteiger partial charge in [-0.05, 0) is 24.6 Å². The lowest BCUT2D eigenvalue weighted by Gasteiger charge is -2.10. The summed E-state index contributed by atoms with van der Waals surface area (Å²) in [5, 5.41) is 8.87. The van der Waals surface area contributed by atoms with E-state index in [1.807, 2.05) is 31.2 Å². The maximum Gasteiger partial charge on any atom is 0.118 e. The molecule has 0 aliphatic carbocycles. The lowest BCUT2D eigenvalue weighted by atomic mass is 10.2. The van der Waals surface area contributed by atoms with Crippen LogP contribution in [0.4, 0.5) is 0 Å². The lowest BCUT2D eigenvalue weighted by Crippen LogP contribution is -2.18. The van der Waals surface area contributed by atoms with Crippen molar-refractivity contribution in [1.82, 2.24) is 0 Å². The molecule has 0 saturated carbocycles. The number of ether oxygens (including phenoxy) is 3. The first-order valence-corrected chi connectivity index (χ1v) is 5.75. The summed E-state index contributed by atoms with van der Waals surface area (Å²) in [6.45, 7) is 2.58. The summed E-state index contributed by atoms with van der Waals surface area (Å²) in [6.07, 6.45) is 0.00775. The second-order valence-electron chi connectivity index (χ2n) is 4.19. The van der Waals surface area contributed by atoms with E-state index in [1.165, 1.54) is 0 Å². The molecule has 0 amide bonds. The average Bonchev–Trinajstić information content (AvgIpc) is 3.16. The lowest BCUT2D eigenvalue weighted by molar-refractivity contribution is 0.0339. The summed E-state index contributed by atoms with van der Waals surface area (Å²) in [4.78, 5) is 0. The van der Waals surface area contributed by atoms with Gasteiger partial charge in [0.25, 0.3) is 0 Å². The van der Waals surface area contributed by atoms with Gasteiger partial charge in [0.15, 0.2) is 0 Å². The van der Waals surface area contributed by atoms with E-state index in [9.17, 15) is 0 Å². The van der Waals surface area contributed by atoms with E-state index in [2.05, 4.69) is 0 Å². The second-order valence-corrected chi connectivity index (χ2v) is 4.19. The van der Waals surface area contributed by atoms with Crippen LogP contribution in [-0.2, 0) is 16.1 Å². The molecule has 1 aliphatic heterocycles. The zero-order valence-electron chi connectivity index (χ0n) is 10.1. The summed E-state index contributed by atoms with van der Waals surface area (Å²) >= 11 is 0. The summed E-state index contributed by atoms with van der Waals surface area (Å²) in [5.74, 6) is 0.840. The van der Waals surface area contributed by atoms with Crippen LogP contribution in [0.5, 0.6) is 5.75 Å². The Morgan fingerprint density at radius 3 is 2.59 bits per heavy atom. The zero-order valence-corrected chi connectivity index (χ0v) is 10.1. The molecule has 1 fully saturated rings. The van der Waals surface area contributed by atoms with E-state index < -0.39 is 0 Å². The molecular weight excluding hydrogens is 220 g/mol. The average molecular weight is 238 g/mol. The van der Waals surface area contributed by atoms with Gasteiger partial charge < -0.3 is 19.3 Å². The maximum absolute atomic E-state index is 8.87. The van der Waals surface area contributed by atoms with E-state index >= 15 is 0 Å². The number of epoxide rings is 1. The smallest absolute Gasteiger partial charge is 0.118 e. The molecule has 1 aromatic carbocycles. The summed E-state index contributed by atoms with van der Waals surface area (Å²) in [7, 11) is 1.65. The molecular formula is C13H18O4. The topological polar surface area (TPSA) is 51.2 Å². The molecule has 0 radical (unpaired) electrons. The van der Waals surface area contributed by atoms with Crippen molar-refractivity contribution in [2.24, 2.45) is 0 Å². The van der Waals surface area contributed by atoms with Crippen molar-refractivity contribution in [3.05, 3.63) is 29.8 Å². The quantitative estimate of drug-likeness (QED) is 0.760. The fourth-order valence-corrected chi connectivity index (χ4v) is 1.76. The van der Waals surface area contributed by atoms with Gasteiger partial charge >= 0.3 is 0 Å². The molecule has 0 bridgehead atoms. The minimum Gasteiger partial charge on any atom is -0.497 e. The van der Waals surface area contributed by atoms with Crippen LogP contribution in [0, 0.1) is 0 Å². The van der Waals surface area contributed by atoms with Crippen LogP contribution in [0.2, 0.25) is 0 Å². The van der Waals surface area contributed by atoms with Crippen LogP contribution in [0.15, 0.2) is 24.3 Å². The molecule has 0 spiro atoms. The number of aliphatic hydroxyl groups excluding tert-OH is 1.